The average Bonchev–Trinajstić information content (AvgIpc) is 2.39. The number of carbonyl (C=O) groups excluding carboxylic acids is 1. The maximum absolute atomic E-state index is 12.6. The largest absolute Gasteiger partial charge is 0.490 e. The number of carbonyl (C=O) groups is 1. The van der Waals surface area contributed by atoms with Crippen LogP contribution in [-0.2, 0) is 0 Å². The first-order valence-electron chi connectivity index (χ1n) is 6.98. The molecule has 1 heterocycles. The molecule has 2 rings (SSSR count). The summed E-state index contributed by atoms with van der Waals surface area (Å²) in [5.74, 6) is 0.520. The summed E-state index contributed by atoms with van der Waals surface area (Å²) >= 11 is 6.01. The third-order valence-electron chi connectivity index (χ3n) is 3.28. The number of piperidine rings is 1. The second kappa shape index (κ2) is 7.87. The van der Waals surface area contributed by atoms with Crippen LogP contribution in [0.4, 0.5) is 0 Å². The van der Waals surface area contributed by atoms with Gasteiger partial charge in [0, 0.05) is 24.2 Å². The average molecular weight is 333 g/mol. The van der Waals surface area contributed by atoms with Crippen LogP contribution >= 0.6 is 24.0 Å². The Kier molecular flexibility index (Phi) is 6.78. The Hall–Kier alpha value is -0.970. The molecule has 0 aliphatic carbocycles. The van der Waals surface area contributed by atoms with Gasteiger partial charge in [0.15, 0.2) is 0 Å². The van der Waals surface area contributed by atoms with E-state index < -0.39 is 0 Å². The zero-order valence-electron chi connectivity index (χ0n) is 12.3. The van der Waals surface area contributed by atoms with Crippen molar-refractivity contribution < 1.29 is 9.53 Å². The quantitative estimate of drug-likeness (QED) is 0.925. The van der Waals surface area contributed by atoms with E-state index in [1.165, 1.54) is 0 Å². The fraction of sp³-hybridized carbons (Fsp3) is 0.533. The minimum atomic E-state index is -0.0571. The number of benzene rings is 1. The van der Waals surface area contributed by atoms with Gasteiger partial charge in [-0.15, -0.1) is 12.4 Å². The molecule has 1 aromatic carbocycles. The maximum atomic E-state index is 12.6. The molecule has 1 saturated heterocycles. The van der Waals surface area contributed by atoms with Crippen LogP contribution in [0, 0.1) is 0 Å². The van der Waals surface area contributed by atoms with E-state index in [0.29, 0.717) is 22.9 Å². The fourth-order valence-electron chi connectivity index (χ4n) is 2.39. The highest BCUT2D eigenvalue weighted by Gasteiger charge is 2.25. The van der Waals surface area contributed by atoms with Gasteiger partial charge in [0.1, 0.15) is 5.75 Å². The normalized spacial score (nSPS) is 18.3. The van der Waals surface area contributed by atoms with Crippen LogP contribution in [0.1, 0.15) is 37.0 Å². The van der Waals surface area contributed by atoms with E-state index in [0.717, 1.165) is 19.4 Å². The van der Waals surface area contributed by atoms with Crippen molar-refractivity contribution in [1.82, 2.24) is 4.90 Å². The number of nitrogens with zero attached hydrogens (tertiary/aromatic N) is 1. The molecule has 4 nitrogen and oxygen atoms in total. The fourth-order valence-corrected chi connectivity index (χ4v) is 2.56. The van der Waals surface area contributed by atoms with Gasteiger partial charge >= 0.3 is 0 Å². The molecule has 1 unspecified atom stereocenters. The van der Waals surface area contributed by atoms with Crippen LogP contribution in [0.5, 0.6) is 5.75 Å². The summed E-state index contributed by atoms with van der Waals surface area (Å²) < 4.78 is 5.70. The molecule has 1 fully saturated rings. The summed E-state index contributed by atoms with van der Waals surface area (Å²) in [7, 11) is 0. The van der Waals surface area contributed by atoms with Gasteiger partial charge in [0.25, 0.3) is 5.91 Å². The number of ether oxygens (including phenoxy) is 1. The molecule has 0 bridgehead atoms. The number of likely N-dealkylation sites (tertiary alicyclic amines) is 1. The first-order chi connectivity index (χ1) is 9.47. The van der Waals surface area contributed by atoms with Gasteiger partial charge in [0.2, 0.25) is 0 Å². The Balaban J connectivity index is 0.00000220. The molecule has 21 heavy (non-hydrogen) atoms. The standard InChI is InChI=1S/C15H21ClN2O2.ClH/c1-10(2)20-14-6-5-11(16)8-13(14)15(19)18-7-3-4-12(17)9-18;/h5-6,8,10,12H,3-4,7,9,17H2,1-2H3;1H. The number of hydrogen-bond acceptors (Lipinski definition) is 3. The van der Waals surface area contributed by atoms with Gasteiger partial charge in [0.05, 0.1) is 11.7 Å². The Morgan fingerprint density at radius 1 is 1.48 bits per heavy atom. The zero-order chi connectivity index (χ0) is 14.7. The van der Waals surface area contributed by atoms with Crippen molar-refractivity contribution in [3.63, 3.8) is 0 Å². The highest BCUT2D eigenvalue weighted by molar-refractivity contribution is 6.31. The Labute approximate surface area is 137 Å². The topological polar surface area (TPSA) is 55.6 Å². The molecule has 1 aliphatic heterocycles. The highest BCUT2D eigenvalue weighted by Crippen LogP contribution is 2.26. The van der Waals surface area contributed by atoms with E-state index >= 15 is 0 Å². The molecule has 6 heteroatoms. The second-order valence-electron chi connectivity index (χ2n) is 5.46. The van der Waals surface area contributed by atoms with Crippen LogP contribution in [0.2, 0.25) is 5.02 Å². The van der Waals surface area contributed by atoms with Gasteiger partial charge in [-0.05, 0) is 44.9 Å². The number of hydrogen-bond donors (Lipinski definition) is 1. The van der Waals surface area contributed by atoms with Crippen molar-refractivity contribution in [3.8, 4) is 5.75 Å². The number of halogens is 2. The predicted molar refractivity (Wildman–Crippen MR) is 87.6 cm³/mol. The molecular formula is C15H22Cl2N2O2. The summed E-state index contributed by atoms with van der Waals surface area (Å²) in [5, 5.41) is 0.533. The molecule has 1 amide bonds. The molecule has 2 N–H and O–H groups in total. The smallest absolute Gasteiger partial charge is 0.257 e. The lowest BCUT2D eigenvalue weighted by Gasteiger charge is -2.31. The first-order valence-corrected chi connectivity index (χ1v) is 7.36. The summed E-state index contributed by atoms with van der Waals surface area (Å²) in [6.45, 7) is 5.19. The number of nitrogens with two attached hydrogens (primary N) is 1. The minimum Gasteiger partial charge on any atom is -0.490 e. The molecule has 1 atom stereocenters. The van der Waals surface area contributed by atoms with Crippen molar-refractivity contribution in [1.29, 1.82) is 0 Å². The summed E-state index contributed by atoms with van der Waals surface area (Å²) in [5.41, 5.74) is 6.45. The van der Waals surface area contributed by atoms with Gasteiger partial charge in [-0.1, -0.05) is 11.6 Å². The molecule has 1 aliphatic rings. The lowest BCUT2D eigenvalue weighted by atomic mass is 10.0. The molecule has 118 valence electrons. The van der Waals surface area contributed by atoms with Gasteiger partial charge in [-0.25, -0.2) is 0 Å². The zero-order valence-corrected chi connectivity index (χ0v) is 13.9. The maximum Gasteiger partial charge on any atom is 0.257 e. The van der Waals surface area contributed by atoms with Crippen LogP contribution in [0.25, 0.3) is 0 Å². The first kappa shape index (κ1) is 18.1. The van der Waals surface area contributed by atoms with E-state index in [1.807, 2.05) is 13.8 Å². The third kappa shape index (κ3) is 4.77. The summed E-state index contributed by atoms with van der Waals surface area (Å²) in [6, 6.07) is 5.21. The van der Waals surface area contributed by atoms with E-state index in [1.54, 1.807) is 23.1 Å². The van der Waals surface area contributed by atoms with Crippen LogP contribution in [-0.4, -0.2) is 36.0 Å². The highest BCUT2D eigenvalue weighted by atomic mass is 35.5. The van der Waals surface area contributed by atoms with Crippen molar-refractivity contribution in [3.05, 3.63) is 28.8 Å². The van der Waals surface area contributed by atoms with Crippen LogP contribution in [0.3, 0.4) is 0 Å². The molecule has 0 spiro atoms. The van der Waals surface area contributed by atoms with Gasteiger partial charge in [-0.2, -0.15) is 0 Å². The Morgan fingerprint density at radius 3 is 2.81 bits per heavy atom. The summed E-state index contributed by atoms with van der Waals surface area (Å²) in [6.07, 6.45) is 1.91. The molecular weight excluding hydrogens is 311 g/mol. The second-order valence-corrected chi connectivity index (χ2v) is 5.90. The van der Waals surface area contributed by atoms with Gasteiger partial charge in [-0.3, -0.25) is 4.79 Å². The number of rotatable bonds is 3. The van der Waals surface area contributed by atoms with E-state index in [4.69, 9.17) is 22.1 Å². The monoisotopic (exact) mass is 332 g/mol. The lowest BCUT2D eigenvalue weighted by molar-refractivity contribution is 0.0702. The van der Waals surface area contributed by atoms with E-state index in [9.17, 15) is 4.79 Å². The van der Waals surface area contributed by atoms with Crippen molar-refractivity contribution >= 4 is 29.9 Å². The van der Waals surface area contributed by atoms with Crippen molar-refractivity contribution in [2.45, 2.75) is 38.8 Å². The molecule has 0 radical (unpaired) electrons. The van der Waals surface area contributed by atoms with Crippen molar-refractivity contribution in [2.24, 2.45) is 5.73 Å². The minimum absolute atomic E-state index is 0. The van der Waals surface area contributed by atoms with E-state index in [-0.39, 0.29) is 30.5 Å². The van der Waals surface area contributed by atoms with E-state index in [2.05, 4.69) is 0 Å². The predicted octanol–water partition coefficient (Wildman–Crippen LogP) is 3.11. The van der Waals surface area contributed by atoms with Crippen molar-refractivity contribution in [2.75, 3.05) is 13.1 Å². The SMILES string of the molecule is CC(C)Oc1ccc(Cl)cc1C(=O)N1CCCC(N)C1.Cl. The molecule has 0 saturated carbocycles. The van der Waals surface area contributed by atoms with Crippen LogP contribution < -0.4 is 10.5 Å². The van der Waals surface area contributed by atoms with Gasteiger partial charge < -0.3 is 15.4 Å². The molecule has 1 aromatic rings. The summed E-state index contributed by atoms with van der Waals surface area (Å²) in [4.78, 5) is 14.4. The third-order valence-corrected chi connectivity index (χ3v) is 3.51. The number of amides is 1. The van der Waals surface area contributed by atoms with Crippen LogP contribution in [0.15, 0.2) is 18.2 Å². The Morgan fingerprint density at radius 2 is 2.19 bits per heavy atom. The molecule has 0 aromatic heterocycles. The Bertz CT molecular complexity index is 495. The lowest BCUT2D eigenvalue weighted by Crippen LogP contribution is -2.45.